The fraction of sp³-hybridized carbons (Fsp3) is 0.400. The maximum absolute atomic E-state index is 14.0. The number of alkyl halides is 1. The Labute approximate surface area is 96.5 Å². The highest BCUT2D eigenvalue weighted by molar-refractivity contribution is 9.10. The minimum atomic E-state index is -3.55. The first-order valence-corrected chi connectivity index (χ1v) is 6.74. The number of benzene rings is 1. The van der Waals surface area contributed by atoms with Crippen molar-refractivity contribution in [3.63, 3.8) is 0 Å². The van der Waals surface area contributed by atoms with Crippen molar-refractivity contribution in [1.82, 2.24) is 0 Å². The van der Waals surface area contributed by atoms with Crippen molar-refractivity contribution in [2.24, 2.45) is 0 Å². The van der Waals surface area contributed by atoms with Crippen LogP contribution in [0.25, 0.3) is 0 Å². The number of hydrogen-bond donors (Lipinski definition) is 0. The van der Waals surface area contributed by atoms with Crippen LogP contribution in [0.3, 0.4) is 0 Å². The molecule has 0 fully saturated rings. The van der Waals surface area contributed by atoms with Crippen molar-refractivity contribution in [2.75, 3.05) is 0 Å². The van der Waals surface area contributed by atoms with Gasteiger partial charge in [-0.1, -0.05) is 15.9 Å². The van der Waals surface area contributed by atoms with Gasteiger partial charge < -0.3 is 0 Å². The van der Waals surface area contributed by atoms with Crippen LogP contribution in [0.1, 0.15) is 25.6 Å². The molecule has 0 saturated heterocycles. The first-order chi connectivity index (χ1) is 6.78. The van der Waals surface area contributed by atoms with Gasteiger partial charge in [0.15, 0.2) is 9.84 Å². The van der Waals surface area contributed by atoms with Gasteiger partial charge >= 0.3 is 0 Å². The molecule has 1 aliphatic heterocycles. The molecule has 1 heterocycles. The van der Waals surface area contributed by atoms with E-state index in [-0.39, 0.29) is 10.5 Å². The molecule has 2 nitrogen and oxygen atoms in total. The molecule has 0 spiro atoms. The summed E-state index contributed by atoms with van der Waals surface area (Å²) in [4.78, 5) is 0.114. The Morgan fingerprint density at radius 1 is 1.40 bits per heavy atom. The summed E-state index contributed by atoms with van der Waals surface area (Å²) in [5.74, 6) is 0. The lowest BCUT2D eigenvalue weighted by Crippen LogP contribution is -2.30. The molecule has 0 aromatic heterocycles. The standard InChI is InChI=1S/C10H10BrFO2S/c1-10(2)9(12)7-5-6(11)3-4-8(7)15(10,13)14/h3-5,9H,1-2H3/t9-/m1/s1. The van der Waals surface area contributed by atoms with E-state index in [2.05, 4.69) is 15.9 Å². The molecule has 1 aromatic rings. The summed E-state index contributed by atoms with van der Waals surface area (Å²) in [7, 11) is -3.55. The minimum Gasteiger partial charge on any atom is -0.241 e. The first kappa shape index (κ1) is 11.1. The van der Waals surface area contributed by atoms with Gasteiger partial charge in [-0.2, -0.15) is 0 Å². The van der Waals surface area contributed by atoms with E-state index in [0.29, 0.717) is 4.47 Å². The lowest BCUT2D eigenvalue weighted by molar-refractivity contribution is 0.284. The molecule has 0 N–H and O–H groups in total. The average Bonchev–Trinajstić information content (AvgIpc) is 2.26. The van der Waals surface area contributed by atoms with E-state index in [4.69, 9.17) is 0 Å². The monoisotopic (exact) mass is 292 g/mol. The van der Waals surface area contributed by atoms with Crippen LogP contribution in [-0.4, -0.2) is 13.2 Å². The fourth-order valence-electron chi connectivity index (χ4n) is 1.76. The molecule has 15 heavy (non-hydrogen) atoms. The zero-order chi connectivity index (χ0) is 11.4. The van der Waals surface area contributed by atoms with E-state index >= 15 is 0 Å². The Morgan fingerprint density at radius 3 is 2.60 bits per heavy atom. The molecule has 1 aliphatic rings. The van der Waals surface area contributed by atoms with E-state index in [1.165, 1.54) is 26.0 Å². The Kier molecular flexibility index (Phi) is 2.25. The van der Waals surface area contributed by atoms with Crippen LogP contribution in [0.4, 0.5) is 4.39 Å². The number of halogens is 2. The summed E-state index contributed by atoms with van der Waals surface area (Å²) >= 11 is 3.21. The van der Waals surface area contributed by atoms with Gasteiger partial charge in [-0.3, -0.25) is 0 Å². The molecule has 1 atom stereocenters. The second-order valence-electron chi connectivity index (χ2n) is 4.15. The highest BCUT2D eigenvalue weighted by atomic mass is 79.9. The van der Waals surface area contributed by atoms with Crippen molar-refractivity contribution in [3.05, 3.63) is 28.2 Å². The zero-order valence-electron chi connectivity index (χ0n) is 8.29. The third-order valence-corrected chi connectivity index (χ3v) is 5.87. The number of hydrogen-bond acceptors (Lipinski definition) is 2. The van der Waals surface area contributed by atoms with E-state index in [1.54, 1.807) is 6.07 Å². The van der Waals surface area contributed by atoms with E-state index < -0.39 is 20.8 Å². The van der Waals surface area contributed by atoms with Crippen LogP contribution in [0, 0.1) is 0 Å². The van der Waals surface area contributed by atoms with Crippen LogP contribution in [0.15, 0.2) is 27.6 Å². The third-order valence-electron chi connectivity index (χ3n) is 2.84. The first-order valence-electron chi connectivity index (χ1n) is 4.46. The van der Waals surface area contributed by atoms with Gasteiger partial charge in [-0.15, -0.1) is 0 Å². The van der Waals surface area contributed by atoms with E-state index in [0.717, 1.165) is 0 Å². The van der Waals surface area contributed by atoms with Crippen molar-refractivity contribution in [1.29, 1.82) is 0 Å². The summed E-state index contributed by atoms with van der Waals surface area (Å²) in [5.41, 5.74) is 0.259. The van der Waals surface area contributed by atoms with Gasteiger partial charge in [-0.25, -0.2) is 12.8 Å². The van der Waals surface area contributed by atoms with Crippen LogP contribution in [0.5, 0.6) is 0 Å². The minimum absolute atomic E-state index is 0.114. The Hall–Kier alpha value is -0.420. The predicted molar refractivity (Wildman–Crippen MR) is 59.3 cm³/mol. The van der Waals surface area contributed by atoms with E-state index in [1.807, 2.05) is 0 Å². The van der Waals surface area contributed by atoms with Gasteiger partial charge in [-0.05, 0) is 32.0 Å². The second kappa shape index (κ2) is 3.04. The smallest absolute Gasteiger partial charge is 0.187 e. The Balaban J connectivity index is 2.80. The van der Waals surface area contributed by atoms with Gasteiger partial charge in [0.2, 0.25) is 0 Å². The molecular formula is C10H10BrFO2S. The number of sulfone groups is 1. The number of fused-ring (bicyclic) bond motifs is 1. The predicted octanol–water partition coefficient (Wildman–Crippen LogP) is 3.03. The molecule has 0 saturated carbocycles. The summed E-state index contributed by atoms with van der Waals surface area (Å²) in [6.45, 7) is 2.84. The second-order valence-corrected chi connectivity index (χ2v) is 7.57. The third kappa shape index (κ3) is 1.29. The van der Waals surface area contributed by atoms with Gasteiger partial charge in [0.1, 0.15) is 10.9 Å². The molecule has 82 valence electrons. The summed E-state index contributed by atoms with van der Waals surface area (Å²) < 4.78 is 37.2. The van der Waals surface area contributed by atoms with Crippen LogP contribution >= 0.6 is 15.9 Å². The summed E-state index contributed by atoms with van der Waals surface area (Å²) in [6, 6.07) is 4.60. The molecule has 1 aromatic carbocycles. The highest BCUT2D eigenvalue weighted by Gasteiger charge is 2.52. The van der Waals surface area contributed by atoms with Crippen LogP contribution in [-0.2, 0) is 9.84 Å². The van der Waals surface area contributed by atoms with Crippen molar-refractivity contribution in [2.45, 2.75) is 29.7 Å². The quantitative estimate of drug-likeness (QED) is 0.737. The molecule has 0 bridgehead atoms. The largest absolute Gasteiger partial charge is 0.241 e. The highest BCUT2D eigenvalue weighted by Crippen LogP contribution is 2.49. The van der Waals surface area contributed by atoms with Crippen molar-refractivity contribution >= 4 is 25.8 Å². The molecular weight excluding hydrogens is 283 g/mol. The molecule has 0 unspecified atom stereocenters. The van der Waals surface area contributed by atoms with Gasteiger partial charge in [0.25, 0.3) is 0 Å². The topological polar surface area (TPSA) is 34.1 Å². The van der Waals surface area contributed by atoms with Crippen molar-refractivity contribution in [3.8, 4) is 0 Å². The summed E-state index contributed by atoms with van der Waals surface area (Å²) in [6.07, 6.45) is -1.46. The van der Waals surface area contributed by atoms with E-state index in [9.17, 15) is 12.8 Å². The molecule has 2 rings (SSSR count). The van der Waals surface area contributed by atoms with Crippen LogP contribution in [0.2, 0.25) is 0 Å². The maximum atomic E-state index is 14.0. The molecule has 0 amide bonds. The molecule has 0 radical (unpaired) electrons. The normalized spacial score (nSPS) is 26.3. The van der Waals surface area contributed by atoms with Crippen molar-refractivity contribution < 1.29 is 12.8 Å². The lowest BCUT2D eigenvalue weighted by atomic mass is 10.0. The van der Waals surface area contributed by atoms with Gasteiger partial charge in [0, 0.05) is 10.0 Å². The molecule has 0 aliphatic carbocycles. The fourth-order valence-corrected chi connectivity index (χ4v) is 3.82. The maximum Gasteiger partial charge on any atom is 0.187 e. The zero-order valence-corrected chi connectivity index (χ0v) is 10.7. The molecule has 5 heteroatoms. The van der Waals surface area contributed by atoms with Gasteiger partial charge in [0.05, 0.1) is 4.90 Å². The number of rotatable bonds is 0. The summed E-state index contributed by atoms with van der Waals surface area (Å²) in [5, 5.41) is 0. The average molecular weight is 293 g/mol. The Morgan fingerprint density at radius 2 is 2.00 bits per heavy atom. The Bertz CT molecular complexity index is 522. The SMILES string of the molecule is CC1(C)[C@H](F)c2cc(Br)ccc2S1(=O)=O. The van der Waals surface area contributed by atoms with Crippen LogP contribution < -0.4 is 0 Å². The lowest BCUT2D eigenvalue weighted by Gasteiger charge is -2.19.